The molecule has 0 aromatic carbocycles. The normalized spacial score (nSPS) is 29.8. The molecule has 178 valence electrons. The monoisotopic (exact) mass is 454 g/mol. The molecular formula is C21H31F9. The second-order valence-electron chi connectivity index (χ2n) is 9.16. The number of rotatable bonds is 8. The average Bonchev–Trinajstić information content (AvgIpc) is 2.67. The summed E-state index contributed by atoms with van der Waals surface area (Å²) in [6, 6.07) is 0. The zero-order valence-corrected chi connectivity index (χ0v) is 17.2. The molecule has 0 saturated heterocycles. The van der Waals surface area contributed by atoms with Crippen LogP contribution in [0.2, 0.25) is 0 Å². The lowest BCUT2D eigenvalue weighted by Gasteiger charge is -2.42. The van der Waals surface area contributed by atoms with Gasteiger partial charge in [-0.05, 0) is 56.3 Å². The molecule has 0 heterocycles. The Morgan fingerprint density at radius 3 is 1.50 bits per heavy atom. The van der Waals surface area contributed by atoms with Crippen LogP contribution in [0.15, 0.2) is 0 Å². The summed E-state index contributed by atoms with van der Waals surface area (Å²) in [5.41, 5.74) is 0. The van der Waals surface area contributed by atoms with Crippen molar-refractivity contribution < 1.29 is 39.5 Å². The van der Waals surface area contributed by atoms with Crippen LogP contribution in [0, 0.1) is 23.7 Å². The van der Waals surface area contributed by atoms with Gasteiger partial charge in [0.25, 0.3) is 0 Å². The highest BCUT2D eigenvalue weighted by molar-refractivity contribution is 5.03. The Balaban J connectivity index is 1.91. The summed E-state index contributed by atoms with van der Waals surface area (Å²) >= 11 is 0. The van der Waals surface area contributed by atoms with Crippen molar-refractivity contribution in [2.75, 3.05) is 0 Å². The van der Waals surface area contributed by atoms with Gasteiger partial charge in [-0.3, -0.25) is 0 Å². The minimum Gasteiger partial charge on any atom is -0.199 e. The molecule has 2 fully saturated rings. The largest absolute Gasteiger partial charge is 0.460 e. The Labute approximate surface area is 172 Å². The highest BCUT2D eigenvalue weighted by Crippen LogP contribution is 2.58. The number of halogens is 9. The molecule has 0 unspecified atom stereocenters. The Kier molecular flexibility index (Phi) is 8.09. The van der Waals surface area contributed by atoms with Crippen LogP contribution in [0.25, 0.3) is 0 Å². The van der Waals surface area contributed by atoms with Crippen LogP contribution in [0.1, 0.15) is 84.0 Å². The lowest BCUT2D eigenvalue weighted by atomic mass is 9.67. The lowest BCUT2D eigenvalue weighted by Crippen LogP contribution is -2.63. The van der Waals surface area contributed by atoms with Crippen molar-refractivity contribution in [2.45, 2.75) is 108 Å². The first-order valence-corrected chi connectivity index (χ1v) is 11.0. The first-order valence-electron chi connectivity index (χ1n) is 11.0. The third kappa shape index (κ3) is 5.05. The number of hydrogen-bond donors (Lipinski definition) is 0. The zero-order chi connectivity index (χ0) is 22.8. The maximum atomic E-state index is 14.2. The Hall–Kier alpha value is -0.630. The standard InChI is InChI=1S/C21H31F9/c1-2-3-4-5-14-6-8-15(9-7-14)16-10-12-17(13-11-16)18(22,23)19(24,25)20(26,27)21(28,29)30/h14-17H,2-13H2,1H3/t14-,15-,16?,17?. The molecule has 9 heteroatoms. The SMILES string of the molecule is CCCCC[C@H]1CC[C@H](C2CCC(C(F)(F)C(F)(F)C(F)(F)C(F)(F)F)CC2)CC1. The first-order chi connectivity index (χ1) is 13.8. The van der Waals surface area contributed by atoms with Gasteiger partial charge in [0, 0.05) is 5.92 Å². The molecule has 0 aromatic heterocycles. The Morgan fingerprint density at radius 2 is 1.07 bits per heavy atom. The molecule has 0 aromatic rings. The topological polar surface area (TPSA) is 0 Å². The van der Waals surface area contributed by atoms with Gasteiger partial charge in [0.2, 0.25) is 0 Å². The van der Waals surface area contributed by atoms with Crippen LogP contribution >= 0.6 is 0 Å². The van der Waals surface area contributed by atoms with Crippen LogP contribution in [0.5, 0.6) is 0 Å². The van der Waals surface area contributed by atoms with Gasteiger partial charge >= 0.3 is 23.9 Å². The van der Waals surface area contributed by atoms with E-state index >= 15 is 0 Å². The highest BCUT2D eigenvalue weighted by Gasteiger charge is 2.82. The van der Waals surface area contributed by atoms with Gasteiger partial charge in [-0.2, -0.15) is 39.5 Å². The predicted octanol–water partition coefficient (Wildman–Crippen LogP) is 8.65. The van der Waals surface area contributed by atoms with Crippen LogP contribution in [-0.4, -0.2) is 23.9 Å². The van der Waals surface area contributed by atoms with E-state index in [4.69, 9.17) is 0 Å². The smallest absolute Gasteiger partial charge is 0.199 e. The molecule has 2 aliphatic carbocycles. The summed E-state index contributed by atoms with van der Waals surface area (Å²) in [5.74, 6) is -19.9. The van der Waals surface area contributed by atoms with Crippen molar-refractivity contribution in [3.05, 3.63) is 0 Å². The maximum absolute atomic E-state index is 14.2. The molecule has 0 N–H and O–H groups in total. The van der Waals surface area contributed by atoms with Gasteiger partial charge in [0.1, 0.15) is 0 Å². The molecule has 0 bridgehead atoms. The van der Waals surface area contributed by atoms with Gasteiger partial charge in [-0.25, -0.2) is 0 Å². The molecule has 0 nitrogen and oxygen atoms in total. The zero-order valence-electron chi connectivity index (χ0n) is 17.2. The highest BCUT2D eigenvalue weighted by atomic mass is 19.4. The summed E-state index contributed by atoms with van der Waals surface area (Å²) in [6.45, 7) is 2.14. The van der Waals surface area contributed by atoms with Gasteiger partial charge in [-0.15, -0.1) is 0 Å². The van der Waals surface area contributed by atoms with E-state index in [2.05, 4.69) is 6.92 Å². The minimum atomic E-state index is -6.78. The predicted molar refractivity (Wildman–Crippen MR) is 95.9 cm³/mol. The van der Waals surface area contributed by atoms with E-state index in [9.17, 15) is 39.5 Å². The third-order valence-electron chi connectivity index (χ3n) is 7.23. The van der Waals surface area contributed by atoms with Crippen molar-refractivity contribution >= 4 is 0 Å². The van der Waals surface area contributed by atoms with Crippen molar-refractivity contribution in [1.82, 2.24) is 0 Å². The van der Waals surface area contributed by atoms with Crippen LogP contribution in [-0.2, 0) is 0 Å². The van der Waals surface area contributed by atoms with Crippen LogP contribution in [0.3, 0.4) is 0 Å². The maximum Gasteiger partial charge on any atom is 0.460 e. The fraction of sp³-hybridized carbons (Fsp3) is 1.00. The molecule has 0 atom stereocenters. The average molecular weight is 454 g/mol. The second-order valence-corrected chi connectivity index (χ2v) is 9.16. The molecule has 0 aliphatic heterocycles. The Morgan fingerprint density at radius 1 is 0.600 bits per heavy atom. The van der Waals surface area contributed by atoms with E-state index < -0.39 is 42.7 Å². The lowest BCUT2D eigenvalue weighted by molar-refractivity contribution is -0.404. The molecule has 2 rings (SSSR count). The van der Waals surface area contributed by atoms with Gasteiger partial charge in [-0.1, -0.05) is 45.4 Å². The van der Waals surface area contributed by atoms with Gasteiger partial charge in [0.15, 0.2) is 0 Å². The van der Waals surface area contributed by atoms with Crippen molar-refractivity contribution in [2.24, 2.45) is 23.7 Å². The third-order valence-corrected chi connectivity index (χ3v) is 7.23. The van der Waals surface area contributed by atoms with Crippen molar-refractivity contribution in [3.8, 4) is 0 Å². The number of hydrogen-bond acceptors (Lipinski definition) is 0. The summed E-state index contributed by atoms with van der Waals surface area (Å²) in [4.78, 5) is 0. The Bertz CT molecular complexity index is 525. The number of alkyl halides is 9. The van der Waals surface area contributed by atoms with Gasteiger partial charge in [0.05, 0.1) is 0 Å². The summed E-state index contributed by atoms with van der Waals surface area (Å²) in [5, 5.41) is 0. The van der Waals surface area contributed by atoms with Gasteiger partial charge < -0.3 is 0 Å². The molecule has 0 amide bonds. The minimum absolute atomic E-state index is 0.0467. The fourth-order valence-corrected chi connectivity index (χ4v) is 5.23. The molecule has 30 heavy (non-hydrogen) atoms. The summed E-state index contributed by atoms with van der Waals surface area (Å²) < 4.78 is 119. The van der Waals surface area contributed by atoms with E-state index in [1.807, 2.05) is 0 Å². The first kappa shape index (κ1) is 25.6. The summed E-state index contributed by atoms with van der Waals surface area (Å²) in [7, 11) is 0. The molecular weight excluding hydrogens is 423 g/mol. The molecule has 2 aliphatic rings. The van der Waals surface area contributed by atoms with E-state index in [1.165, 1.54) is 19.3 Å². The molecule has 2 saturated carbocycles. The quantitative estimate of drug-likeness (QED) is 0.254. The van der Waals surface area contributed by atoms with Crippen molar-refractivity contribution in [3.63, 3.8) is 0 Å². The van der Waals surface area contributed by atoms with E-state index in [-0.39, 0.29) is 18.8 Å². The van der Waals surface area contributed by atoms with Crippen molar-refractivity contribution in [1.29, 1.82) is 0 Å². The van der Waals surface area contributed by atoms with E-state index in [1.54, 1.807) is 0 Å². The molecule has 0 spiro atoms. The van der Waals surface area contributed by atoms with E-state index in [0.29, 0.717) is 11.8 Å². The molecule has 0 radical (unpaired) electrons. The fourth-order valence-electron chi connectivity index (χ4n) is 5.23. The van der Waals surface area contributed by atoms with E-state index in [0.717, 1.165) is 32.1 Å². The van der Waals surface area contributed by atoms with Crippen LogP contribution in [0.4, 0.5) is 39.5 Å². The second kappa shape index (κ2) is 9.47. The summed E-state index contributed by atoms with van der Waals surface area (Å²) in [6.07, 6.45) is 1.31. The van der Waals surface area contributed by atoms with Crippen LogP contribution < -0.4 is 0 Å². The number of unbranched alkanes of at least 4 members (excludes halogenated alkanes) is 2.